The fourth-order valence-corrected chi connectivity index (χ4v) is 4.20. The lowest BCUT2D eigenvalue weighted by atomic mass is 9.86. The largest absolute Gasteiger partial charge is 0.391 e. The Morgan fingerprint density at radius 1 is 1.12 bits per heavy atom. The molecule has 0 saturated carbocycles. The molecule has 5 heteroatoms. The minimum Gasteiger partial charge on any atom is -0.391 e. The normalized spacial score (nSPS) is 26.2. The van der Waals surface area contributed by atoms with Crippen molar-refractivity contribution in [3.63, 3.8) is 0 Å². The summed E-state index contributed by atoms with van der Waals surface area (Å²) < 4.78 is 13.1. The summed E-state index contributed by atoms with van der Waals surface area (Å²) >= 11 is 0. The van der Waals surface area contributed by atoms with E-state index in [-0.39, 0.29) is 23.6 Å². The van der Waals surface area contributed by atoms with Gasteiger partial charge in [-0.15, -0.1) is 0 Å². The van der Waals surface area contributed by atoms with Crippen LogP contribution < -0.4 is 0 Å². The highest BCUT2D eigenvalue weighted by Crippen LogP contribution is 2.31. The molecule has 3 rings (SSSR count). The minimum atomic E-state index is -0.422. The molecule has 0 aromatic heterocycles. The van der Waals surface area contributed by atoms with Crippen molar-refractivity contribution in [1.29, 1.82) is 0 Å². The third-order valence-electron chi connectivity index (χ3n) is 5.70. The van der Waals surface area contributed by atoms with Gasteiger partial charge in [0.15, 0.2) is 0 Å². The van der Waals surface area contributed by atoms with Gasteiger partial charge < -0.3 is 10.0 Å². The zero-order valence-electron chi connectivity index (χ0n) is 15.2. The SMILES string of the molecule is CC(C)C(=O)N1CCC(N2CC[C@@H](c3ccc(F)cc3)[C@H](O)C2)CC1. The lowest BCUT2D eigenvalue weighted by Gasteiger charge is -2.44. The van der Waals surface area contributed by atoms with E-state index in [1.807, 2.05) is 18.7 Å². The topological polar surface area (TPSA) is 43.8 Å². The van der Waals surface area contributed by atoms with Crippen LogP contribution in [0, 0.1) is 11.7 Å². The van der Waals surface area contributed by atoms with Gasteiger partial charge in [0.05, 0.1) is 6.10 Å². The molecule has 2 fully saturated rings. The summed E-state index contributed by atoms with van der Waals surface area (Å²) in [6.07, 6.45) is 2.42. The van der Waals surface area contributed by atoms with Crippen molar-refractivity contribution in [3.05, 3.63) is 35.6 Å². The van der Waals surface area contributed by atoms with E-state index >= 15 is 0 Å². The van der Waals surface area contributed by atoms with Crippen molar-refractivity contribution in [2.24, 2.45) is 5.92 Å². The number of rotatable bonds is 3. The molecular weight excluding hydrogens is 319 g/mol. The lowest BCUT2D eigenvalue weighted by Crippen LogP contribution is -2.52. The van der Waals surface area contributed by atoms with Gasteiger partial charge in [0, 0.05) is 37.5 Å². The summed E-state index contributed by atoms with van der Waals surface area (Å²) in [7, 11) is 0. The first-order valence-electron chi connectivity index (χ1n) is 9.42. The first kappa shape index (κ1) is 18.3. The molecule has 0 spiro atoms. The zero-order chi connectivity index (χ0) is 18.0. The van der Waals surface area contributed by atoms with Crippen molar-refractivity contribution in [1.82, 2.24) is 9.80 Å². The lowest BCUT2D eigenvalue weighted by molar-refractivity contribution is -0.136. The number of hydrogen-bond acceptors (Lipinski definition) is 3. The maximum atomic E-state index is 13.1. The number of carbonyl (C=O) groups is 1. The number of likely N-dealkylation sites (tertiary alicyclic amines) is 2. The van der Waals surface area contributed by atoms with Gasteiger partial charge >= 0.3 is 0 Å². The number of benzene rings is 1. The van der Waals surface area contributed by atoms with Gasteiger partial charge in [-0.3, -0.25) is 9.69 Å². The Hall–Kier alpha value is -1.46. The van der Waals surface area contributed by atoms with Gasteiger partial charge in [-0.05, 0) is 43.5 Å². The number of aliphatic hydroxyl groups is 1. The zero-order valence-corrected chi connectivity index (χ0v) is 15.2. The van der Waals surface area contributed by atoms with Crippen molar-refractivity contribution >= 4 is 5.91 Å². The van der Waals surface area contributed by atoms with Gasteiger partial charge in [-0.1, -0.05) is 26.0 Å². The van der Waals surface area contributed by atoms with Crippen molar-refractivity contribution in [3.8, 4) is 0 Å². The fourth-order valence-electron chi connectivity index (χ4n) is 4.20. The van der Waals surface area contributed by atoms with Crippen LogP contribution in [-0.4, -0.2) is 59.1 Å². The smallest absolute Gasteiger partial charge is 0.225 e. The Labute approximate surface area is 149 Å². The van der Waals surface area contributed by atoms with Gasteiger partial charge in [-0.25, -0.2) is 4.39 Å². The van der Waals surface area contributed by atoms with Crippen LogP contribution in [-0.2, 0) is 4.79 Å². The van der Waals surface area contributed by atoms with Crippen LogP contribution in [0.4, 0.5) is 4.39 Å². The van der Waals surface area contributed by atoms with E-state index in [1.54, 1.807) is 12.1 Å². The number of amides is 1. The van der Waals surface area contributed by atoms with E-state index < -0.39 is 6.10 Å². The molecule has 2 aliphatic rings. The number of nitrogens with zero attached hydrogens (tertiary/aromatic N) is 2. The predicted molar refractivity (Wildman–Crippen MR) is 95.8 cm³/mol. The molecule has 2 aliphatic heterocycles. The molecule has 1 amide bonds. The maximum absolute atomic E-state index is 13.1. The standard InChI is InChI=1S/C20H29FN2O2/c1-14(2)20(25)22-10-7-17(8-11-22)23-12-9-18(19(24)13-23)15-3-5-16(21)6-4-15/h3-6,14,17-19,24H,7-13H2,1-2H3/t18-,19+/m0/s1. The van der Waals surface area contributed by atoms with Crippen LogP contribution in [0.1, 0.15) is 44.6 Å². The highest BCUT2D eigenvalue weighted by molar-refractivity contribution is 5.78. The van der Waals surface area contributed by atoms with Gasteiger partial charge in [-0.2, -0.15) is 0 Å². The first-order chi connectivity index (χ1) is 12.0. The summed E-state index contributed by atoms with van der Waals surface area (Å²) in [6.45, 7) is 7.13. The van der Waals surface area contributed by atoms with Gasteiger partial charge in [0.25, 0.3) is 0 Å². The molecule has 0 aliphatic carbocycles. The summed E-state index contributed by atoms with van der Waals surface area (Å²) in [5.41, 5.74) is 1.02. The van der Waals surface area contributed by atoms with Crippen molar-refractivity contribution in [2.45, 2.75) is 51.2 Å². The van der Waals surface area contributed by atoms with E-state index in [1.165, 1.54) is 12.1 Å². The Balaban J connectivity index is 1.53. The number of halogens is 1. The monoisotopic (exact) mass is 348 g/mol. The quantitative estimate of drug-likeness (QED) is 0.913. The third-order valence-corrected chi connectivity index (χ3v) is 5.70. The number of hydrogen-bond donors (Lipinski definition) is 1. The molecular formula is C20H29FN2O2. The van der Waals surface area contributed by atoms with E-state index in [4.69, 9.17) is 0 Å². The van der Waals surface area contributed by atoms with E-state index in [0.29, 0.717) is 12.6 Å². The van der Waals surface area contributed by atoms with Crippen LogP contribution in [0.25, 0.3) is 0 Å². The van der Waals surface area contributed by atoms with Crippen molar-refractivity contribution < 1.29 is 14.3 Å². The second kappa shape index (κ2) is 7.83. The first-order valence-corrected chi connectivity index (χ1v) is 9.42. The second-order valence-corrected chi connectivity index (χ2v) is 7.72. The third kappa shape index (κ3) is 4.21. The van der Waals surface area contributed by atoms with E-state index in [2.05, 4.69) is 4.90 Å². The molecule has 1 aromatic carbocycles. The molecule has 1 aromatic rings. The summed E-state index contributed by atoms with van der Waals surface area (Å²) in [5, 5.41) is 10.6. The van der Waals surface area contributed by atoms with Gasteiger partial charge in [0.1, 0.15) is 5.82 Å². The van der Waals surface area contributed by atoms with Crippen LogP contribution in [0.5, 0.6) is 0 Å². The molecule has 0 bridgehead atoms. The Bertz CT molecular complexity index is 582. The number of β-amino-alcohol motifs (C(OH)–C–C–N with tert-alkyl or cyclic N) is 1. The van der Waals surface area contributed by atoms with Crippen LogP contribution >= 0.6 is 0 Å². The average molecular weight is 348 g/mol. The highest BCUT2D eigenvalue weighted by Gasteiger charge is 2.34. The molecule has 2 heterocycles. The molecule has 1 N–H and O–H groups in total. The summed E-state index contributed by atoms with van der Waals surface area (Å²) in [6, 6.07) is 6.95. The Morgan fingerprint density at radius 2 is 1.76 bits per heavy atom. The average Bonchev–Trinajstić information content (AvgIpc) is 2.62. The number of piperidine rings is 2. The summed E-state index contributed by atoms with van der Waals surface area (Å²) in [4.78, 5) is 16.5. The Kier molecular flexibility index (Phi) is 5.74. The molecule has 2 saturated heterocycles. The van der Waals surface area contributed by atoms with E-state index in [0.717, 1.165) is 44.5 Å². The predicted octanol–water partition coefficient (Wildman–Crippen LogP) is 2.62. The molecule has 0 radical (unpaired) electrons. The second-order valence-electron chi connectivity index (χ2n) is 7.72. The molecule has 25 heavy (non-hydrogen) atoms. The van der Waals surface area contributed by atoms with E-state index in [9.17, 15) is 14.3 Å². The number of carbonyl (C=O) groups excluding carboxylic acids is 1. The number of aliphatic hydroxyl groups excluding tert-OH is 1. The summed E-state index contributed by atoms with van der Waals surface area (Å²) in [5.74, 6) is 0.149. The van der Waals surface area contributed by atoms with Crippen LogP contribution in [0.15, 0.2) is 24.3 Å². The molecule has 0 unspecified atom stereocenters. The minimum absolute atomic E-state index is 0.0600. The van der Waals surface area contributed by atoms with Gasteiger partial charge in [0.2, 0.25) is 5.91 Å². The highest BCUT2D eigenvalue weighted by atomic mass is 19.1. The van der Waals surface area contributed by atoms with Crippen molar-refractivity contribution in [2.75, 3.05) is 26.2 Å². The molecule has 2 atom stereocenters. The maximum Gasteiger partial charge on any atom is 0.225 e. The Morgan fingerprint density at radius 3 is 2.32 bits per heavy atom. The molecule has 138 valence electrons. The van der Waals surface area contributed by atoms with Crippen LogP contribution in [0.3, 0.4) is 0 Å². The molecule has 4 nitrogen and oxygen atoms in total. The fraction of sp³-hybridized carbons (Fsp3) is 0.650. The van der Waals surface area contributed by atoms with Crippen LogP contribution in [0.2, 0.25) is 0 Å².